The fourth-order valence-corrected chi connectivity index (χ4v) is 3.85. The van der Waals surface area contributed by atoms with Gasteiger partial charge in [-0.05, 0) is 41.0 Å². The second-order valence-electron chi connectivity index (χ2n) is 5.90. The molecule has 144 valence electrons. The second kappa shape index (κ2) is 8.19. The van der Waals surface area contributed by atoms with Crippen LogP contribution in [-0.4, -0.2) is 22.6 Å². The van der Waals surface area contributed by atoms with Crippen molar-refractivity contribution in [3.8, 4) is 33.8 Å². The van der Waals surface area contributed by atoms with Gasteiger partial charge in [-0.1, -0.05) is 43.0 Å². The van der Waals surface area contributed by atoms with Crippen LogP contribution >= 0.6 is 0 Å². The SMILES string of the molecule is C=COS(=O)(=O)c1ccc(-c2ccccc2)cc1-c1cc(OC)cc(OC)c1. The predicted octanol–water partition coefficient (Wildman–Crippen LogP) is 4.89. The van der Waals surface area contributed by atoms with Crippen molar-refractivity contribution in [3.05, 3.63) is 79.6 Å². The van der Waals surface area contributed by atoms with E-state index in [1.165, 1.54) is 20.3 Å². The van der Waals surface area contributed by atoms with Gasteiger partial charge in [-0.2, -0.15) is 8.42 Å². The number of benzene rings is 3. The monoisotopic (exact) mass is 396 g/mol. The van der Waals surface area contributed by atoms with E-state index in [0.29, 0.717) is 22.6 Å². The van der Waals surface area contributed by atoms with Crippen molar-refractivity contribution in [1.29, 1.82) is 0 Å². The Balaban J connectivity index is 2.28. The molecule has 0 radical (unpaired) electrons. The molecule has 5 nitrogen and oxygen atoms in total. The van der Waals surface area contributed by atoms with Crippen molar-refractivity contribution in [1.82, 2.24) is 0 Å². The van der Waals surface area contributed by atoms with Crippen LogP contribution in [-0.2, 0) is 14.3 Å². The third-order valence-corrected chi connectivity index (χ3v) is 5.50. The third kappa shape index (κ3) is 4.02. The summed E-state index contributed by atoms with van der Waals surface area (Å²) in [5.41, 5.74) is 2.93. The first-order chi connectivity index (χ1) is 13.5. The first-order valence-electron chi connectivity index (χ1n) is 8.45. The van der Waals surface area contributed by atoms with Gasteiger partial charge >= 0.3 is 10.1 Å². The molecule has 3 aromatic rings. The largest absolute Gasteiger partial charge is 0.497 e. The summed E-state index contributed by atoms with van der Waals surface area (Å²) in [7, 11) is -0.949. The Morgan fingerprint density at radius 1 is 0.786 bits per heavy atom. The molecule has 3 rings (SSSR count). The fourth-order valence-electron chi connectivity index (χ4n) is 2.89. The van der Waals surface area contributed by atoms with Crippen LogP contribution in [0.4, 0.5) is 0 Å². The first kappa shape index (κ1) is 19.5. The molecule has 0 heterocycles. The van der Waals surface area contributed by atoms with E-state index in [4.69, 9.17) is 13.7 Å². The highest BCUT2D eigenvalue weighted by molar-refractivity contribution is 7.87. The molecule has 0 aliphatic rings. The van der Waals surface area contributed by atoms with E-state index in [2.05, 4.69) is 6.58 Å². The summed E-state index contributed by atoms with van der Waals surface area (Å²) in [6.07, 6.45) is 0.899. The average molecular weight is 396 g/mol. The number of hydrogen-bond donors (Lipinski definition) is 0. The van der Waals surface area contributed by atoms with E-state index in [1.54, 1.807) is 24.3 Å². The second-order valence-corrected chi connectivity index (χ2v) is 7.44. The molecule has 0 amide bonds. The van der Waals surface area contributed by atoms with Crippen LogP contribution in [0.5, 0.6) is 11.5 Å². The Morgan fingerprint density at radius 2 is 1.43 bits per heavy atom. The zero-order chi connectivity index (χ0) is 20.1. The standard InChI is InChI=1S/C22H20O5S/c1-4-27-28(23,24)22-11-10-17(16-8-6-5-7-9-16)14-21(22)18-12-19(25-2)15-20(13-18)26-3/h4-15H,1H2,2-3H3. The molecule has 0 spiro atoms. The van der Waals surface area contributed by atoms with Gasteiger partial charge in [-0.15, -0.1) is 0 Å². The minimum atomic E-state index is -4.03. The lowest BCUT2D eigenvalue weighted by Gasteiger charge is -2.14. The van der Waals surface area contributed by atoms with Gasteiger partial charge in [0, 0.05) is 11.6 Å². The maximum absolute atomic E-state index is 12.6. The smallest absolute Gasteiger partial charge is 0.339 e. The molecular formula is C22H20O5S. The molecule has 28 heavy (non-hydrogen) atoms. The van der Waals surface area contributed by atoms with Crippen molar-refractivity contribution in [2.24, 2.45) is 0 Å². The van der Waals surface area contributed by atoms with Crippen LogP contribution in [0.15, 0.2) is 84.5 Å². The summed E-state index contributed by atoms with van der Waals surface area (Å²) >= 11 is 0. The van der Waals surface area contributed by atoms with E-state index in [0.717, 1.165) is 17.4 Å². The Morgan fingerprint density at radius 3 is 2.00 bits per heavy atom. The Hall–Kier alpha value is -3.25. The summed E-state index contributed by atoms with van der Waals surface area (Å²) in [6.45, 7) is 3.35. The predicted molar refractivity (Wildman–Crippen MR) is 109 cm³/mol. The highest BCUT2D eigenvalue weighted by Gasteiger charge is 2.22. The van der Waals surface area contributed by atoms with Crippen molar-refractivity contribution >= 4 is 10.1 Å². The molecule has 0 bridgehead atoms. The highest BCUT2D eigenvalue weighted by atomic mass is 32.2. The minimum absolute atomic E-state index is 0.0300. The van der Waals surface area contributed by atoms with Crippen LogP contribution in [0.1, 0.15) is 0 Å². The number of hydrogen-bond acceptors (Lipinski definition) is 5. The van der Waals surface area contributed by atoms with Gasteiger partial charge in [0.15, 0.2) is 0 Å². The van der Waals surface area contributed by atoms with Crippen LogP contribution < -0.4 is 9.47 Å². The quantitative estimate of drug-likeness (QED) is 0.420. The van der Waals surface area contributed by atoms with Gasteiger partial charge < -0.3 is 13.7 Å². The molecule has 6 heteroatoms. The average Bonchev–Trinajstić information content (AvgIpc) is 2.73. The number of methoxy groups -OCH3 is 2. The van der Waals surface area contributed by atoms with Crippen LogP contribution in [0.25, 0.3) is 22.3 Å². The molecule has 0 aromatic heterocycles. The lowest BCUT2D eigenvalue weighted by molar-refractivity contribution is 0.394. The molecule has 0 unspecified atom stereocenters. The summed E-state index contributed by atoms with van der Waals surface area (Å²) in [6, 6.07) is 20.0. The molecule has 0 N–H and O–H groups in total. The Kier molecular flexibility index (Phi) is 5.70. The van der Waals surface area contributed by atoms with E-state index in [9.17, 15) is 8.42 Å². The molecule has 0 saturated heterocycles. The summed E-state index contributed by atoms with van der Waals surface area (Å²) in [5.74, 6) is 1.10. The normalized spacial score (nSPS) is 10.9. The third-order valence-electron chi connectivity index (χ3n) is 4.21. The first-order valence-corrected chi connectivity index (χ1v) is 9.86. The molecule has 0 aliphatic carbocycles. The Labute approximate surface area is 164 Å². The molecule has 0 saturated carbocycles. The summed E-state index contributed by atoms with van der Waals surface area (Å²) in [4.78, 5) is 0.0300. The van der Waals surface area contributed by atoms with Gasteiger partial charge in [0.25, 0.3) is 0 Å². The molecule has 0 aliphatic heterocycles. The van der Waals surface area contributed by atoms with Crippen molar-refractivity contribution in [2.75, 3.05) is 14.2 Å². The molecule has 3 aromatic carbocycles. The molecular weight excluding hydrogens is 376 g/mol. The van der Waals surface area contributed by atoms with E-state index >= 15 is 0 Å². The van der Waals surface area contributed by atoms with Gasteiger partial charge in [0.1, 0.15) is 16.4 Å². The van der Waals surface area contributed by atoms with Gasteiger partial charge in [0.2, 0.25) is 0 Å². The topological polar surface area (TPSA) is 61.8 Å². The van der Waals surface area contributed by atoms with Gasteiger partial charge in [0.05, 0.1) is 20.5 Å². The summed E-state index contributed by atoms with van der Waals surface area (Å²) < 4.78 is 40.7. The number of ether oxygens (including phenoxy) is 2. The van der Waals surface area contributed by atoms with Gasteiger partial charge in [-0.3, -0.25) is 0 Å². The van der Waals surface area contributed by atoms with E-state index in [1.807, 2.05) is 36.4 Å². The maximum Gasteiger partial charge on any atom is 0.339 e. The van der Waals surface area contributed by atoms with E-state index < -0.39 is 10.1 Å². The van der Waals surface area contributed by atoms with Crippen molar-refractivity contribution in [3.63, 3.8) is 0 Å². The van der Waals surface area contributed by atoms with Crippen LogP contribution in [0, 0.1) is 0 Å². The van der Waals surface area contributed by atoms with Crippen LogP contribution in [0.2, 0.25) is 0 Å². The lowest BCUT2D eigenvalue weighted by atomic mass is 9.98. The lowest BCUT2D eigenvalue weighted by Crippen LogP contribution is -2.04. The minimum Gasteiger partial charge on any atom is -0.497 e. The van der Waals surface area contributed by atoms with Crippen molar-refractivity contribution < 1.29 is 22.1 Å². The summed E-state index contributed by atoms with van der Waals surface area (Å²) in [5, 5.41) is 0. The zero-order valence-corrected chi connectivity index (χ0v) is 16.4. The maximum atomic E-state index is 12.6. The zero-order valence-electron chi connectivity index (χ0n) is 15.6. The van der Waals surface area contributed by atoms with E-state index in [-0.39, 0.29) is 4.90 Å². The van der Waals surface area contributed by atoms with Crippen molar-refractivity contribution in [2.45, 2.75) is 4.90 Å². The highest BCUT2D eigenvalue weighted by Crippen LogP contribution is 2.36. The Bertz CT molecular complexity index is 1070. The molecule has 0 fully saturated rings. The fraction of sp³-hybridized carbons (Fsp3) is 0.0909. The number of rotatable bonds is 7. The van der Waals surface area contributed by atoms with Gasteiger partial charge in [-0.25, -0.2) is 0 Å². The van der Waals surface area contributed by atoms with Crippen LogP contribution in [0.3, 0.4) is 0 Å². The molecule has 0 atom stereocenters.